The van der Waals surface area contributed by atoms with Gasteiger partial charge in [-0.1, -0.05) is 19.3 Å². The number of amides is 2. The lowest BCUT2D eigenvalue weighted by Crippen LogP contribution is -2.56. The summed E-state index contributed by atoms with van der Waals surface area (Å²) in [5.74, 6) is 0.568. The molecule has 0 aliphatic heterocycles. The molecule has 0 saturated heterocycles. The predicted octanol–water partition coefficient (Wildman–Crippen LogP) is 1.78. The molecule has 1 atom stereocenters. The van der Waals surface area contributed by atoms with Crippen molar-refractivity contribution in [3.8, 4) is 0 Å². The first kappa shape index (κ1) is 14.5. The third-order valence-corrected chi connectivity index (χ3v) is 4.05. The molecule has 0 aromatic rings. The van der Waals surface area contributed by atoms with Crippen LogP contribution in [0.15, 0.2) is 0 Å². The zero-order valence-electron chi connectivity index (χ0n) is 11.0. The van der Waals surface area contributed by atoms with E-state index >= 15 is 0 Å². The molecule has 1 saturated carbocycles. The molecule has 17 heavy (non-hydrogen) atoms. The van der Waals surface area contributed by atoms with Gasteiger partial charge in [0, 0.05) is 28.9 Å². The van der Waals surface area contributed by atoms with Crippen LogP contribution in [0.4, 0.5) is 4.79 Å². The summed E-state index contributed by atoms with van der Waals surface area (Å²) >= 11 is 0. The van der Waals surface area contributed by atoms with Gasteiger partial charge in [-0.05, 0) is 26.7 Å². The summed E-state index contributed by atoms with van der Waals surface area (Å²) in [7, 11) is -0.874. The molecular weight excluding hydrogens is 236 g/mol. The van der Waals surface area contributed by atoms with Crippen molar-refractivity contribution in [2.75, 3.05) is 12.0 Å². The standard InChI is InChI=1S/C12H24N2O2S/c1-10(2)13-11(15)14-12(9-17(3)16)7-5-4-6-8-12/h10H,4-9H2,1-3H3,(H2,13,14,15). The molecule has 0 bridgehead atoms. The van der Waals surface area contributed by atoms with E-state index in [9.17, 15) is 9.00 Å². The van der Waals surface area contributed by atoms with E-state index in [4.69, 9.17) is 0 Å². The van der Waals surface area contributed by atoms with Gasteiger partial charge < -0.3 is 10.6 Å². The van der Waals surface area contributed by atoms with Crippen molar-refractivity contribution in [1.29, 1.82) is 0 Å². The van der Waals surface area contributed by atoms with Gasteiger partial charge in [-0.2, -0.15) is 0 Å². The highest BCUT2D eigenvalue weighted by Gasteiger charge is 2.34. The SMILES string of the molecule is CC(C)NC(=O)NC1(CS(C)=O)CCCCC1. The number of carbonyl (C=O) groups excluding carboxylic acids is 1. The summed E-state index contributed by atoms with van der Waals surface area (Å²) in [5, 5.41) is 5.89. The van der Waals surface area contributed by atoms with Crippen LogP contribution in [-0.4, -0.2) is 33.8 Å². The van der Waals surface area contributed by atoms with Gasteiger partial charge in [-0.15, -0.1) is 0 Å². The minimum Gasteiger partial charge on any atom is -0.336 e. The molecule has 2 N–H and O–H groups in total. The molecule has 5 heteroatoms. The fourth-order valence-corrected chi connectivity index (χ4v) is 3.60. The molecule has 1 rings (SSSR count). The molecule has 2 amide bonds. The quantitative estimate of drug-likeness (QED) is 0.809. The van der Waals surface area contributed by atoms with E-state index in [1.165, 1.54) is 6.42 Å². The lowest BCUT2D eigenvalue weighted by atomic mass is 9.83. The maximum Gasteiger partial charge on any atom is 0.315 e. The Labute approximate surface area is 106 Å². The summed E-state index contributed by atoms with van der Waals surface area (Å²) in [5.41, 5.74) is -0.253. The van der Waals surface area contributed by atoms with Crippen LogP contribution in [0.1, 0.15) is 46.0 Å². The van der Waals surface area contributed by atoms with E-state index < -0.39 is 10.8 Å². The minimum absolute atomic E-state index is 0.128. The lowest BCUT2D eigenvalue weighted by Gasteiger charge is -2.37. The van der Waals surface area contributed by atoms with Crippen LogP contribution in [0.2, 0.25) is 0 Å². The van der Waals surface area contributed by atoms with Crippen LogP contribution in [0.25, 0.3) is 0 Å². The zero-order valence-corrected chi connectivity index (χ0v) is 11.9. The van der Waals surface area contributed by atoms with E-state index in [1.54, 1.807) is 6.26 Å². The Morgan fingerprint density at radius 1 is 1.29 bits per heavy atom. The zero-order chi connectivity index (χ0) is 12.9. The molecule has 1 aliphatic carbocycles. The molecule has 100 valence electrons. The number of carbonyl (C=O) groups is 1. The van der Waals surface area contributed by atoms with Crippen LogP contribution < -0.4 is 10.6 Å². The summed E-state index contributed by atoms with van der Waals surface area (Å²) < 4.78 is 11.5. The Balaban J connectivity index is 2.62. The van der Waals surface area contributed by atoms with Crippen molar-refractivity contribution in [2.24, 2.45) is 0 Å². The lowest BCUT2D eigenvalue weighted by molar-refractivity contribution is 0.210. The maximum absolute atomic E-state index is 11.8. The second-order valence-electron chi connectivity index (χ2n) is 5.31. The molecule has 1 aliphatic rings. The third-order valence-electron chi connectivity index (χ3n) is 3.09. The van der Waals surface area contributed by atoms with Crippen LogP contribution in [0.3, 0.4) is 0 Å². The van der Waals surface area contributed by atoms with Gasteiger partial charge in [0.1, 0.15) is 0 Å². The van der Waals surface area contributed by atoms with Gasteiger partial charge in [-0.3, -0.25) is 4.21 Å². The second kappa shape index (κ2) is 6.38. The van der Waals surface area contributed by atoms with E-state index in [2.05, 4.69) is 10.6 Å². The summed E-state index contributed by atoms with van der Waals surface area (Å²) in [6.07, 6.45) is 7.03. The Kier molecular flexibility index (Phi) is 5.43. The van der Waals surface area contributed by atoms with Crippen molar-refractivity contribution >= 4 is 16.8 Å². The van der Waals surface area contributed by atoms with Crippen LogP contribution in [0.5, 0.6) is 0 Å². The Morgan fingerprint density at radius 2 is 1.88 bits per heavy atom. The number of nitrogens with one attached hydrogen (secondary N) is 2. The van der Waals surface area contributed by atoms with E-state index in [0.29, 0.717) is 5.75 Å². The van der Waals surface area contributed by atoms with Crippen molar-refractivity contribution in [3.63, 3.8) is 0 Å². The maximum atomic E-state index is 11.8. The molecule has 1 unspecified atom stereocenters. The molecule has 0 aromatic heterocycles. The van der Waals surface area contributed by atoms with Gasteiger partial charge in [0.25, 0.3) is 0 Å². The van der Waals surface area contributed by atoms with Crippen molar-refractivity contribution in [1.82, 2.24) is 10.6 Å². The molecule has 0 radical (unpaired) electrons. The Bertz CT molecular complexity index is 286. The van der Waals surface area contributed by atoms with E-state index in [0.717, 1.165) is 25.7 Å². The Hall–Kier alpha value is -0.580. The largest absolute Gasteiger partial charge is 0.336 e. The fourth-order valence-electron chi connectivity index (χ4n) is 2.46. The van der Waals surface area contributed by atoms with Crippen molar-refractivity contribution in [3.05, 3.63) is 0 Å². The van der Waals surface area contributed by atoms with Crippen LogP contribution >= 0.6 is 0 Å². The van der Waals surface area contributed by atoms with Crippen LogP contribution in [0, 0.1) is 0 Å². The number of urea groups is 1. The Morgan fingerprint density at radius 3 is 2.35 bits per heavy atom. The first-order chi connectivity index (χ1) is 7.93. The first-order valence-corrected chi connectivity index (χ1v) is 8.05. The summed E-state index contributed by atoms with van der Waals surface area (Å²) in [6, 6.07) is -0.00452. The molecule has 0 spiro atoms. The topological polar surface area (TPSA) is 58.2 Å². The van der Waals surface area contributed by atoms with Gasteiger partial charge in [-0.25, -0.2) is 4.79 Å². The van der Waals surface area contributed by atoms with Crippen molar-refractivity contribution in [2.45, 2.75) is 57.5 Å². The first-order valence-electron chi connectivity index (χ1n) is 6.32. The molecule has 1 fully saturated rings. The third kappa shape index (κ3) is 5.06. The van der Waals surface area contributed by atoms with E-state index in [1.807, 2.05) is 13.8 Å². The smallest absolute Gasteiger partial charge is 0.315 e. The van der Waals surface area contributed by atoms with Crippen LogP contribution in [-0.2, 0) is 10.8 Å². The van der Waals surface area contributed by atoms with Gasteiger partial charge in [0.15, 0.2) is 0 Å². The van der Waals surface area contributed by atoms with Gasteiger partial charge in [0.05, 0.1) is 5.54 Å². The van der Waals surface area contributed by atoms with Gasteiger partial charge >= 0.3 is 6.03 Å². The summed E-state index contributed by atoms with van der Waals surface area (Å²) in [4.78, 5) is 11.8. The highest BCUT2D eigenvalue weighted by Crippen LogP contribution is 2.28. The molecule has 0 aromatic carbocycles. The van der Waals surface area contributed by atoms with Gasteiger partial charge in [0.2, 0.25) is 0 Å². The van der Waals surface area contributed by atoms with Crippen molar-refractivity contribution < 1.29 is 9.00 Å². The summed E-state index contributed by atoms with van der Waals surface area (Å²) in [6.45, 7) is 3.87. The average Bonchev–Trinajstić information content (AvgIpc) is 2.15. The highest BCUT2D eigenvalue weighted by atomic mass is 32.2. The number of hydrogen-bond donors (Lipinski definition) is 2. The fraction of sp³-hybridized carbons (Fsp3) is 0.917. The molecule has 0 heterocycles. The highest BCUT2D eigenvalue weighted by molar-refractivity contribution is 7.84. The monoisotopic (exact) mass is 260 g/mol. The van der Waals surface area contributed by atoms with E-state index in [-0.39, 0.29) is 17.6 Å². The number of rotatable bonds is 4. The average molecular weight is 260 g/mol. The second-order valence-corrected chi connectivity index (χ2v) is 6.75. The minimum atomic E-state index is -0.874. The molecular formula is C12H24N2O2S. The predicted molar refractivity (Wildman–Crippen MR) is 71.6 cm³/mol. The number of hydrogen-bond acceptors (Lipinski definition) is 2. The normalized spacial score (nSPS) is 20.9. The molecule has 4 nitrogen and oxygen atoms in total.